The lowest BCUT2D eigenvalue weighted by atomic mass is 10.0. The average molecular weight is 247 g/mol. The third kappa shape index (κ3) is 3.45. The Kier molecular flexibility index (Phi) is 4.18. The quantitative estimate of drug-likeness (QED) is 0.788. The topological polar surface area (TPSA) is 68.0 Å². The van der Waals surface area contributed by atoms with Crippen molar-refractivity contribution in [3.8, 4) is 0 Å². The molecule has 1 aromatic heterocycles. The summed E-state index contributed by atoms with van der Waals surface area (Å²) in [5.74, 6) is 1.13. The van der Waals surface area contributed by atoms with Gasteiger partial charge in [-0.1, -0.05) is 19.8 Å². The van der Waals surface area contributed by atoms with Crippen LogP contribution in [-0.4, -0.2) is 16.9 Å². The normalized spacial score (nSPS) is 24.3. The molecule has 2 atom stereocenters. The number of carbonyl (C=O) groups is 1. The molecule has 4 nitrogen and oxygen atoms in total. The number of aromatic nitrogens is 1. The van der Waals surface area contributed by atoms with E-state index in [9.17, 15) is 4.79 Å². The lowest BCUT2D eigenvalue weighted by Crippen LogP contribution is -2.34. The number of nitrogen functional groups attached to an aromatic ring is 1. The number of hydrogen-bond donors (Lipinski definition) is 2. The third-order valence-corrected chi connectivity index (χ3v) is 3.64. The Morgan fingerprint density at radius 1 is 1.39 bits per heavy atom. The van der Waals surface area contributed by atoms with Crippen LogP contribution in [0.2, 0.25) is 0 Å². The fourth-order valence-corrected chi connectivity index (χ4v) is 2.49. The van der Waals surface area contributed by atoms with Crippen LogP contribution in [0, 0.1) is 5.92 Å². The van der Waals surface area contributed by atoms with Crippen molar-refractivity contribution in [2.24, 2.45) is 5.92 Å². The van der Waals surface area contributed by atoms with Crippen molar-refractivity contribution < 1.29 is 4.79 Å². The Hall–Kier alpha value is -1.58. The number of rotatable bonds is 2. The molecule has 1 aliphatic carbocycles. The summed E-state index contributed by atoms with van der Waals surface area (Å²) in [5.41, 5.74) is 6.18. The molecule has 0 bridgehead atoms. The van der Waals surface area contributed by atoms with Crippen molar-refractivity contribution in [1.29, 1.82) is 0 Å². The summed E-state index contributed by atoms with van der Waals surface area (Å²) >= 11 is 0. The van der Waals surface area contributed by atoms with Crippen LogP contribution in [0.5, 0.6) is 0 Å². The van der Waals surface area contributed by atoms with Crippen LogP contribution in [-0.2, 0) is 0 Å². The molecule has 1 heterocycles. The first-order valence-electron chi connectivity index (χ1n) is 6.67. The first-order valence-corrected chi connectivity index (χ1v) is 6.67. The molecule has 1 aliphatic rings. The molecule has 98 valence electrons. The lowest BCUT2D eigenvalue weighted by Gasteiger charge is -2.16. The minimum Gasteiger partial charge on any atom is -0.384 e. The number of hydrogen-bond acceptors (Lipinski definition) is 3. The monoisotopic (exact) mass is 247 g/mol. The van der Waals surface area contributed by atoms with Gasteiger partial charge in [-0.2, -0.15) is 0 Å². The zero-order valence-electron chi connectivity index (χ0n) is 10.9. The Morgan fingerprint density at radius 2 is 2.22 bits per heavy atom. The van der Waals surface area contributed by atoms with E-state index < -0.39 is 0 Å². The van der Waals surface area contributed by atoms with E-state index >= 15 is 0 Å². The molecule has 0 spiro atoms. The number of nitrogens with zero attached hydrogens (tertiary/aromatic N) is 1. The maximum Gasteiger partial charge on any atom is 0.251 e. The molecule has 1 amide bonds. The molecular formula is C14H21N3O. The second-order valence-corrected chi connectivity index (χ2v) is 5.25. The van der Waals surface area contributed by atoms with Gasteiger partial charge in [-0.3, -0.25) is 4.79 Å². The molecule has 1 saturated carbocycles. The lowest BCUT2D eigenvalue weighted by molar-refractivity contribution is 0.0933. The summed E-state index contributed by atoms with van der Waals surface area (Å²) in [6.07, 6.45) is 7.39. The third-order valence-electron chi connectivity index (χ3n) is 3.64. The molecule has 1 aromatic rings. The van der Waals surface area contributed by atoms with E-state index in [0.29, 0.717) is 17.4 Å². The number of anilines is 1. The van der Waals surface area contributed by atoms with Gasteiger partial charge in [-0.15, -0.1) is 0 Å². The van der Waals surface area contributed by atoms with Crippen molar-refractivity contribution >= 4 is 11.7 Å². The van der Waals surface area contributed by atoms with Crippen LogP contribution in [0.1, 0.15) is 49.4 Å². The van der Waals surface area contributed by atoms with Gasteiger partial charge >= 0.3 is 0 Å². The van der Waals surface area contributed by atoms with Crippen LogP contribution in [0.15, 0.2) is 18.3 Å². The van der Waals surface area contributed by atoms with Crippen molar-refractivity contribution in [2.75, 3.05) is 5.73 Å². The van der Waals surface area contributed by atoms with Crippen LogP contribution in [0.3, 0.4) is 0 Å². The van der Waals surface area contributed by atoms with Gasteiger partial charge in [0, 0.05) is 17.8 Å². The summed E-state index contributed by atoms with van der Waals surface area (Å²) in [6, 6.07) is 3.62. The zero-order chi connectivity index (χ0) is 13.0. The minimum atomic E-state index is -0.0383. The molecular weight excluding hydrogens is 226 g/mol. The summed E-state index contributed by atoms with van der Waals surface area (Å²) in [4.78, 5) is 16.0. The van der Waals surface area contributed by atoms with Gasteiger partial charge in [-0.05, 0) is 37.3 Å². The first-order chi connectivity index (χ1) is 8.65. The number of pyridine rings is 1. The van der Waals surface area contributed by atoms with Crippen molar-refractivity contribution in [1.82, 2.24) is 10.3 Å². The standard InChI is InChI=1S/C14H21N3O/c1-10-3-2-4-12(6-5-10)17-14(18)11-7-8-16-13(15)9-11/h7-10,12H,2-6H2,1H3,(H2,15,16)(H,17,18). The van der Waals surface area contributed by atoms with Gasteiger partial charge in [0.15, 0.2) is 0 Å². The fraction of sp³-hybridized carbons (Fsp3) is 0.571. The number of nitrogens with two attached hydrogens (primary N) is 1. The average Bonchev–Trinajstić information content (AvgIpc) is 2.54. The van der Waals surface area contributed by atoms with Gasteiger partial charge in [0.1, 0.15) is 5.82 Å². The van der Waals surface area contributed by atoms with E-state index in [0.717, 1.165) is 18.8 Å². The van der Waals surface area contributed by atoms with E-state index in [1.807, 2.05) is 0 Å². The highest BCUT2D eigenvalue weighted by molar-refractivity contribution is 5.94. The molecule has 0 aliphatic heterocycles. The number of amides is 1. The van der Waals surface area contributed by atoms with Gasteiger partial charge in [0.2, 0.25) is 0 Å². The fourth-order valence-electron chi connectivity index (χ4n) is 2.49. The van der Waals surface area contributed by atoms with Crippen LogP contribution in [0.25, 0.3) is 0 Å². The highest BCUT2D eigenvalue weighted by Crippen LogP contribution is 2.22. The Balaban J connectivity index is 1.94. The van der Waals surface area contributed by atoms with Gasteiger partial charge in [0.25, 0.3) is 5.91 Å². The molecule has 3 N–H and O–H groups in total. The largest absolute Gasteiger partial charge is 0.384 e. The number of carbonyl (C=O) groups excluding carboxylic acids is 1. The molecule has 2 rings (SSSR count). The summed E-state index contributed by atoms with van der Waals surface area (Å²) in [6.45, 7) is 2.29. The summed E-state index contributed by atoms with van der Waals surface area (Å²) in [7, 11) is 0. The first kappa shape index (κ1) is 12.9. The van der Waals surface area contributed by atoms with Gasteiger partial charge in [-0.25, -0.2) is 4.98 Å². The predicted molar refractivity (Wildman–Crippen MR) is 72.2 cm³/mol. The number of nitrogens with one attached hydrogen (secondary N) is 1. The smallest absolute Gasteiger partial charge is 0.251 e. The van der Waals surface area contributed by atoms with E-state index in [-0.39, 0.29) is 5.91 Å². The van der Waals surface area contributed by atoms with E-state index in [2.05, 4.69) is 17.2 Å². The highest BCUT2D eigenvalue weighted by atomic mass is 16.1. The molecule has 0 saturated heterocycles. The van der Waals surface area contributed by atoms with Gasteiger partial charge in [0.05, 0.1) is 0 Å². The van der Waals surface area contributed by atoms with Crippen LogP contribution < -0.4 is 11.1 Å². The molecule has 2 unspecified atom stereocenters. The van der Waals surface area contributed by atoms with E-state index in [1.54, 1.807) is 18.3 Å². The van der Waals surface area contributed by atoms with Crippen LogP contribution in [0.4, 0.5) is 5.82 Å². The molecule has 0 aromatic carbocycles. The van der Waals surface area contributed by atoms with Crippen molar-refractivity contribution in [3.05, 3.63) is 23.9 Å². The van der Waals surface area contributed by atoms with Crippen molar-refractivity contribution in [3.63, 3.8) is 0 Å². The Labute approximate surface area is 108 Å². The second-order valence-electron chi connectivity index (χ2n) is 5.25. The molecule has 1 fully saturated rings. The SMILES string of the molecule is CC1CCCC(NC(=O)c2ccnc(N)c2)CC1. The van der Waals surface area contributed by atoms with Crippen LogP contribution >= 0.6 is 0 Å². The van der Waals surface area contributed by atoms with E-state index in [1.165, 1.54) is 19.3 Å². The summed E-state index contributed by atoms with van der Waals surface area (Å²) in [5, 5.41) is 3.10. The Bertz CT molecular complexity index is 419. The molecule has 0 radical (unpaired) electrons. The Morgan fingerprint density at radius 3 is 3.00 bits per heavy atom. The zero-order valence-corrected chi connectivity index (χ0v) is 10.9. The minimum absolute atomic E-state index is 0.0383. The van der Waals surface area contributed by atoms with E-state index in [4.69, 9.17) is 5.73 Å². The van der Waals surface area contributed by atoms with Gasteiger partial charge < -0.3 is 11.1 Å². The second kappa shape index (κ2) is 5.85. The maximum atomic E-state index is 12.1. The maximum absolute atomic E-state index is 12.1. The predicted octanol–water partition coefficient (Wildman–Crippen LogP) is 2.36. The molecule has 4 heteroatoms. The highest BCUT2D eigenvalue weighted by Gasteiger charge is 2.18. The summed E-state index contributed by atoms with van der Waals surface area (Å²) < 4.78 is 0. The van der Waals surface area contributed by atoms with Crippen molar-refractivity contribution in [2.45, 2.75) is 45.1 Å². The molecule has 18 heavy (non-hydrogen) atoms.